The van der Waals surface area contributed by atoms with Crippen molar-refractivity contribution in [2.24, 2.45) is 5.73 Å². The number of carbonyl (C=O) groups is 1. The van der Waals surface area contributed by atoms with Crippen molar-refractivity contribution >= 4 is 5.78 Å². The van der Waals surface area contributed by atoms with Crippen LogP contribution in [-0.2, 0) is 4.79 Å². The highest BCUT2D eigenvalue weighted by molar-refractivity contribution is 5.78. The minimum Gasteiger partial charge on any atom is -0.330 e. The molecule has 2 N–H and O–H groups in total. The lowest BCUT2D eigenvalue weighted by atomic mass is 10.0. The maximum Gasteiger partial charge on any atom is 0.132 e. The molecule has 0 aliphatic carbocycles. The Labute approximate surface area is 101 Å². The molecule has 0 aliphatic heterocycles. The lowest BCUT2D eigenvalue weighted by molar-refractivity contribution is -0.119. The number of hydrogen-bond acceptors (Lipinski definition) is 2. The zero-order valence-corrected chi connectivity index (χ0v) is 11.0. The second-order valence-corrected chi connectivity index (χ2v) is 4.66. The first-order valence-corrected chi connectivity index (χ1v) is 7.03. The standard InChI is InChI=1S/C14H29NO/c1-2-3-4-5-8-11-14(16)12-9-6-7-10-13-15/h2-13,15H2,1H3. The zero-order chi connectivity index (χ0) is 12.1. The van der Waals surface area contributed by atoms with Crippen molar-refractivity contribution in [1.82, 2.24) is 0 Å². The molecule has 0 atom stereocenters. The van der Waals surface area contributed by atoms with E-state index in [9.17, 15) is 4.79 Å². The van der Waals surface area contributed by atoms with Crippen molar-refractivity contribution in [2.45, 2.75) is 77.6 Å². The molecule has 0 amide bonds. The summed E-state index contributed by atoms with van der Waals surface area (Å²) < 4.78 is 0. The number of carbonyl (C=O) groups excluding carboxylic acids is 1. The zero-order valence-electron chi connectivity index (χ0n) is 11.0. The average Bonchev–Trinajstić information content (AvgIpc) is 2.28. The molecule has 96 valence electrons. The molecule has 0 fully saturated rings. The normalized spacial score (nSPS) is 10.6. The quantitative estimate of drug-likeness (QED) is 0.515. The van der Waals surface area contributed by atoms with Crippen molar-refractivity contribution in [3.63, 3.8) is 0 Å². The van der Waals surface area contributed by atoms with Crippen LogP contribution in [0.25, 0.3) is 0 Å². The Morgan fingerprint density at radius 1 is 0.812 bits per heavy atom. The molecule has 0 aromatic rings. The lowest BCUT2D eigenvalue weighted by Gasteiger charge is -2.01. The summed E-state index contributed by atoms with van der Waals surface area (Å²) >= 11 is 0. The minimum atomic E-state index is 0.462. The van der Waals surface area contributed by atoms with Crippen molar-refractivity contribution in [1.29, 1.82) is 0 Å². The van der Waals surface area contributed by atoms with Crippen LogP contribution in [-0.4, -0.2) is 12.3 Å². The van der Waals surface area contributed by atoms with Crippen LogP contribution in [0.1, 0.15) is 77.6 Å². The Bertz CT molecular complexity index is 141. The van der Waals surface area contributed by atoms with Crippen molar-refractivity contribution in [3.05, 3.63) is 0 Å². The van der Waals surface area contributed by atoms with Crippen LogP contribution in [0.3, 0.4) is 0 Å². The topological polar surface area (TPSA) is 43.1 Å². The van der Waals surface area contributed by atoms with Crippen LogP contribution < -0.4 is 5.73 Å². The molecular weight excluding hydrogens is 198 g/mol. The second-order valence-electron chi connectivity index (χ2n) is 4.66. The summed E-state index contributed by atoms with van der Waals surface area (Å²) in [7, 11) is 0. The fraction of sp³-hybridized carbons (Fsp3) is 0.929. The van der Waals surface area contributed by atoms with Gasteiger partial charge in [0.05, 0.1) is 0 Å². The summed E-state index contributed by atoms with van der Waals surface area (Å²) in [4.78, 5) is 11.5. The first kappa shape index (κ1) is 15.6. The molecule has 0 saturated carbocycles. The van der Waals surface area contributed by atoms with Crippen LogP contribution in [0.15, 0.2) is 0 Å². The van der Waals surface area contributed by atoms with Gasteiger partial charge in [0, 0.05) is 12.8 Å². The van der Waals surface area contributed by atoms with E-state index < -0.39 is 0 Å². The van der Waals surface area contributed by atoms with Gasteiger partial charge < -0.3 is 5.73 Å². The molecular formula is C14H29NO. The highest BCUT2D eigenvalue weighted by atomic mass is 16.1. The minimum absolute atomic E-state index is 0.462. The van der Waals surface area contributed by atoms with Gasteiger partial charge in [0.2, 0.25) is 0 Å². The lowest BCUT2D eigenvalue weighted by Crippen LogP contribution is -1.99. The molecule has 0 spiro atoms. The fourth-order valence-electron chi connectivity index (χ4n) is 1.87. The number of Topliss-reactive ketones (excluding diaryl/α,β-unsaturated/α-hetero) is 1. The molecule has 0 aromatic carbocycles. The van der Waals surface area contributed by atoms with Gasteiger partial charge in [-0.05, 0) is 25.8 Å². The van der Waals surface area contributed by atoms with E-state index in [0.29, 0.717) is 5.78 Å². The summed E-state index contributed by atoms with van der Waals surface area (Å²) in [5, 5.41) is 0. The molecule has 0 bridgehead atoms. The van der Waals surface area contributed by atoms with Crippen molar-refractivity contribution in [2.75, 3.05) is 6.54 Å². The Hall–Kier alpha value is -0.370. The van der Waals surface area contributed by atoms with Gasteiger partial charge in [-0.15, -0.1) is 0 Å². The molecule has 0 radical (unpaired) electrons. The van der Waals surface area contributed by atoms with E-state index in [4.69, 9.17) is 5.73 Å². The van der Waals surface area contributed by atoms with E-state index >= 15 is 0 Å². The maximum absolute atomic E-state index is 11.5. The summed E-state index contributed by atoms with van der Waals surface area (Å²) in [6.45, 7) is 3.00. The van der Waals surface area contributed by atoms with E-state index in [2.05, 4.69) is 6.92 Å². The summed E-state index contributed by atoms with van der Waals surface area (Å²) in [5.41, 5.74) is 5.41. The highest BCUT2D eigenvalue weighted by Crippen LogP contribution is 2.09. The molecule has 2 heteroatoms. The van der Waals surface area contributed by atoms with Gasteiger partial charge in [0.1, 0.15) is 5.78 Å². The Morgan fingerprint density at radius 3 is 1.81 bits per heavy atom. The third-order valence-electron chi connectivity index (χ3n) is 2.97. The Kier molecular flexibility index (Phi) is 12.4. The predicted molar refractivity (Wildman–Crippen MR) is 70.5 cm³/mol. The van der Waals surface area contributed by atoms with Crippen LogP contribution in [0.4, 0.5) is 0 Å². The van der Waals surface area contributed by atoms with Gasteiger partial charge in [-0.3, -0.25) is 4.79 Å². The molecule has 0 saturated heterocycles. The van der Waals surface area contributed by atoms with Gasteiger partial charge in [0.15, 0.2) is 0 Å². The van der Waals surface area contributed by atoms with E-state index in [1.807, 2.05) is 0 Å². The van der Waals surface area contributed by atoms with E-state index in [0.717, 1.165) is 38.6 Å². The average molecular weight is 227 g/mol. The van der Waals surface area contributed by atoms with Crippen LogP contribution in [0.5, 0.6) is 0 Å². The van der Waals surface area contributed by atoms with Crippen molar-refractivity contribution in [3.8, 4) is 0 Å². The molecule has 0 heterocycles. The Balaban J connectivity index is 3.12. The van der Waals surface area contributed by atoms with Gasteiger partial charge >= 0.3 is 0 Å². The second kappa shape index (κ2) is 12.7. The number of rotatable bonds is 12. The SMILES string of the molecule is CCCCCCCC(=O)CCCCCCN. The number of nitrogens with two attached hydrogens (primary N) is 1. The first-order chi connectivity index (χ1) is 7.81. The largest absolute Gasteiger partial charge is 0.330 e. The van der Waals surface area contributed by atoms with E-state index in [1.165, 1.54) is 38.5 Å². The molecule has 0 aliphatic rings. The molecule has 0 unspecified atom stereocenters. The van der Waals surface area contributed by atoms with E-state index in [-0.39, 0.29) is 0 Å². The number of hydrogen-bond donors (Lipinski definition) is 1. The van der Waals surface area contributed by atoms with Gasteiger partial charge in [0.25, 0.3) is 0 Å². The highest BCUT2D eigenvalue weighted by Gasteiger charge is 2.01. The van der Waals surface area contributed by atoms with Crippen molar-refractivity contribution < 1.29 is 4.79 Å². The Morgan fingerprint density at radius 2 is 1.31 bits per heavy atom. The first-order valence-electron chi connectivity index (χ1n) is 7.03. The third-order valence-corrected chi connectivity index (χ3v) is 2.97. The molecule has 2 nitrogen and oxygen atoms in total. The third kappa shape index (κ3) is 11.7. The van der Waals surface area contributed by atoms with E-state index in [1.54, 1.807) is 0 Å². The smallest absolute Gasteiger partial charge is 0.132 e. The fourth-order valence-corrected chi connectivity index (χ4v) is 1.87. The summed E-state index contributed by atoms with van der Waals surface area (Å²) in [6.07, 6.45) is 12.3. The summed E-state index contributed by atoms with van der Waals surface area (Å²) in [5.74, 6) is 0.462. The van der Waals surface area contributed by atoms with Crippen LogP contribution >= 0.6 is 0 Å². The van der Waals surface area contributed by atoms with Gasteiger partial charge in [-0.25, -0.2) is 0 Å². The maximum atomic E-state index is 11.5. The monoisotopic (exact) mass is 227 g/mol. The van der Waals surface area contributed by atoms with Gasteiger partial charge in [-0.1, -0.05) is 45.4 Å². The van der Waals surface area contributed by atoms with Gasteiger partial charge in [-0.2, -0.15) is 0 Å². The summed E-state index contributed by atoms with van der Waals surface area (Å²) in [6, 6.07) is 0. The molecule has 0 rings (SSSR count). The molecule has 16 heavy (non-hydrogen) atoms. The number of unbranched alkanes of at least 4 members (excludes halogenated alkanes) is 7. The molecule has 0 aromatic heterocycles. The van der Waals surface area contributed by atoms with Crippen LogP contribution in [0, 0.1) is 0 Å². The van der Waals surface area contributed by atoms with Crippen LogP contribution in [0.2, 0.25) is 0 Å². The predicted octanol–water partition coefficient (Wildman–Crippen LogP) is 3.83. The number of ketones is 1.